The van der Waals surface area contributed by atoms with Crippen LogP contribution in [0.5, 0.6) is 5.75 Å². The van der Waals surface area contributed by atoms with Crippen molar-refractivity contribution in [1.29, 1.82) is 0 Å². The van der Waals surface area contributed by atoms with Gasteiger partial charge in [-0.15, -0.1) is 0 Å². The van der Waals surface area contributed by atoms with Crippen molar-refractivity contribution in [2.45, 2.75) is 13.0 Å². The zero-order valence-corrected chi connectivity index (χ0v) is 8.39. The summed E-state index contributed by atoms with van der Waals surface area (Å²) in [4.78, 5) is 0. The molecule has 0 saturated carbocycles. The van der Waals surface area contributed by atoms with Crippen LogP contribution in [0.15, 0.2) is 16.6 Å². The van der Waals surface area contributed by atoms with Gasteiger partial charge in [0.1, 0.15) is 12.4 Å². The summed E-state index contributed by atoms with van der Waals surface area (Å²) in [6.07, 6.45) is 0. The van der Waals surface area contributed by atoms with E-state index < -0.39 is 0 Å². The van der Waals surface area contributed by atoms with Gasteiger partial charge in [0, 0.05) is 10.0 Å². The van der Waals surface area contributed by atoms with Crippen molar-refractivity contribution >= 4 is 15.9 Å². The average Bonchev–Trinajstić information content (AvgIpc) is 2.35. The number of aryl methyl sites for hydroxylation is 1. The van der Waals surface area contributed by atoms with E-state index in [9.17, 15) is 0 Å². The third-order valence-electron chi connectivity index (χ3n) is 2.11. The molecule has 64 valence electrons. The highest BCUT2D eigenvalue weighted by Gasteiger charge is 2.21. The molecule has 0 aromatic heterocycles. The molecular weight excluding hydrogens is 218 g/mol. The number of halogens is 1. The normalized spacial score (nSPS) is 20.4. The second-order valence-corrected chi connectivity index (χ2v) is 3.91. The number of rotatable bonds is 0. The van der Waals surface area contributed by atoms with Gasteiger partial charge in [-0.3, -0.25) is 0 Å². The van der Waals surface area contributed by atoms with Crippen LogP contribution in [0.2, 0.25) is 0 Å². The Bertz CT molecular complexity index is 325. The number of nitrogens with two attached hydrogens (primary N) is 1. The van der Waals surface area contributed by atoms with E-state index in [4.69, 9.17) is 10.5 Å². The third kappa shape index (κ3) is 1.13. The second-order valence-electron chi connectivity index (χ2n) is 3.06. The van der Waals surface area contributed by atoms with E-state index >= 15 is 0 Å². The van der Waals surface area contributed by atoms with Crippen molar-refractivity contribution in [3.63, 3.8) is 0 Å². The van der Waals surface area contributed by atoms with Crippen LogP contribution in [0, 0.1) is 6.92 Å². The van der Waals surface area contributed by atoms with Crippen LogP contribution in [0.3, 0.4) is 0 Å². The molecule has 1 aliphatic heterocycles. The Hall–Kier alpha value is -0.540. The molecule has 0 spiro atoms. The topological polar surface area (TPSA) is 35.2 Å². The van der Waals surface area contributed by atoms with E-state index in [-0.39, 0.29) is 6.04 Å². The Balaban J connectivity index is 2.56. The van der Waals surface area contributed by atoms with Crippen molar-refractivity contribution in [2.24, 2.45) is 5.73 Å². The van der Waals surface area contributed by atoms with Gasteiger partial charge in [-0.05, 0) is 24.6 Å². The Labute approximate surface area is 79.8 Å². The smallest absolute Gasteiger partial charge is 0.125 e. The lowest BCUT2D eigenvalue weighted by atomic mass is 10.1. The first kappa shape index (κ1) is 8.08. The van der Waals surface area contributed by atoms with E-state index in [2.05, 4.69) is 28.9 Å². The van der Waals surface area contributed by atoms with Crippen molar-refractivity contribution in [3.8, 4) is 5.75 Å². The summed E-state index contributed by atoms with van der Waals surface area (Å²) in [6.45, 7) is 2.65. The molecule has 1 aromatic rings. The van der Waals surface area contributed by atoms with E-state index in [1.165, 1.54) is 5.56 Å². The van der Waals surface area contributed by atoms with E-state index in [1.54, 1.807) is 0 Å². The fourth-order valence-corrected chi connectivity index (χ4v) is 1.69. The summed E-state index contributed by atoms with van der Waals surface area (Å²) >= 11 is 3.45. The van der Waals surface area contributed by atoms with Crippen LogP contribution in [0.4, 0.5) is 0 Å². The van der Waals surface area contributed by atoms with E-state index in [0.717, 1.165) is 15.8 Å². The third-order valence-corrected chi connectivity index (χ3v) is 2.96. The second kappa shape index (κ2) is 2.75. The Morgan fingerprint density at radius 3 is 3.08 bits per heavy atom. The Morgan fingerprint density at radius 1 is 1.58 bits per heavy atom. The number of benzene rings is 1. The van der Waals surface area contributed by atoms with Crippen molar-refractivity contribution < 1.29 is 4.74 Å². The molecule has 2 nitrogen and oxygen atoms in total. The summed E-state index contributed by atoms with van der Waals surface area (Å²) < 4.78 is 6.47. The molecule has 1 heterocycles. The Kier molecular flexibility index (Phi) is 1.85. The van der Waals surface area contributed by atoms with Gasteiger partial charge in [0.05, 0.1) is 6.04 Å². The van der Waals surface area contributed by atoms with Crippen molar-refractivity contribution in [3.05, 3.63) is 27.7 Å². The first-order valence-electron chi connectivity index (χ1n) is 3.87. The average molecular weight is 228 g/mol. The summed E-state index contributed by atoms with van der Waals surface area (Å²) in [5.41, 5.74) is 8.15. The monoisotopic (exact) mass is 227 g/mol. The van der Waals surface area contributed by atoms with E-state index in [1.807, 2.05) is 6.07 Å². The molecular formula is C9H10BrNO. The summed E-state index contributed by atoms with van der Waals surface area (Å²) in [5, 5.41) is 0. The molecule has 0 saturated heterocycles. The molecule has 0 amide bonds. The summed E-state index contributed by atoms with van der Waals surface area (Å²) in [5.74, 6) is 0.917. The molecule has 0 unspecified atom stereocenters. The zero-order chi connectivity index (χ0) is 8.72. The van der Waals surface area contributed by atoms with Gasteiger partial charge in [-0.2, -0.15) is 0 Å². The van der Waals surface area contributed by atoms with Crippen LogP contribution in [-0.4, -0.2) is 6.61 Å². The molecule has 0 fully saturated rings. The van der Waals surface area contributed by atoms with Gasteiger partial charge >= 0.3 is 0 Å². The largest absolute Gasteiger partial charge is 0.491 e. The van der Waals surface area contributed by atoms with Crippen LogP contribution in [0.1, 0.15) is 17.2 Å². The fraction of sp³-hybridized carbons (Fsp3) is 0.333. The molecule has 1 atom stereocenters. The number of hydrogen-bond donors (Lipinski definition) is 1. The van der Waals surface area contributed by atoms with Gasteiger partial charge in [-0.25, -0.2) is 0 Å². The molecule has 12 heavy (non-hydrogen) atoms. The van der Waals surface area contributed by atoms with Gasteiger partial charge in [-0.1, -0.05) is 15.9 Å². The van der Waals surface area contributed by atoms with Gasteiger partial charge in [0.15, 0.2) is 0 Å². The van der Waals surface area contributed by atoms with Crippen LogP contribution in [-0.2, 0) is 0 Å². The lowest BCUT2D eigenvalue weighted by Gasteiger charge is -2.03. The van der Waals surface area contributed by atoms with Crippen molar-refractivity contribution in [1.82, 2.24) is 0 Å². The standard InChI is InChI=1S/C9H10BrNO/c1-5-2-6-8(11)4-12-9(6)3-7(5)10/h2-3,8H,4,11H2,1H3/t8-/m0/s1. The molecule has 2 rings (SSSR count). The predicted molar refractivity (Wildman–Crippen MR) is 51.3 cm³/mol. The molecule has 0 bridgehead atoms. The summed E-state index contributed by atoms with van der Waals surface area (Å²) in [6, 6.07) is 4.11. The van der Waals surface area contributed by atoms with Gasteiger partial charge < -0.3 is 10.5 Å². The van der Waals surface area contributed by atoms with Crippen LogP contribution in [0.25, 0.3) is 0 Å². The lowest BCUT2D eigenvalue weighted by Crippen LogP contribution is -2.10. The highest BCUT2D eigenvalue weighted by molar-refractivity contribution is 9.10. The molecule has 3 heteroatoms. The van der Waals surface area contributed by atoms with E-state index in [0.29, 0.717) is 6.61 Å². The fourth-order valence-electron chi connectivity index (χ4n) is 1.37. The first-order valence-corrected chi connectivity index (χ1v) is 4.66. The summed E-state index contributed by atoms with van der Waals surface area (Å²) in [7, 11) is 0. The lowest BCUT2D eigenvalue weighted by molar-refractivity contribution is 0.333. The molecule has 1 aromatic carbocycles. The Morgan fingerprint density at radius 2 is 2.33 bits per heavy atom. The zero-order valence-electron chi connectivity index (χ0n) is 6.80. The molecule has 1 aliphatic rings. The molecule has 0 aliphatic carbocycles. The first-order chi connectivity index (χ1) is 5.68. The minimum Gasteiger partial charge on any atom is -0.491 e. The van der Waals surface area contributed by atoms with Gasteiger partial charge in [0.25, 0.3) is 0 Å². The number of fused-ring (bicyclic) bond motifs is 1. The van der Waals surface area contributed by atoms with Crippen LogP contribution < -0.4 is 10.5 Å². The molecule has 2 N–H and O–H groups in total. The highest BCUT2D eigenvalue weighted by atomic mass is 79.9. The van der Waals surface area contributed by atoms with Crippen LogP contribution >= 0.6 is 15.9 Å². The van der Waals surface area contributed by atoms with Crippen molar-refractivity contribution in [2.75, 3.05) is 6.61 Å². The predicted octanol–water partition coefficient (Wildman–Crippen LogP) is 2.15. The number of ether oxygens (including phenoxy) is 1. The minimum atomic E-state index is 0.0480. The van der Waals surface area contributed by atoms with Gasteiger partial charge in [0.2, 0.25) is 0 Å². The maximum Gasteiger partial charge on any atom is 0.125 e. The minimum absolute atomic E-state index is 0.0480. The molecule has 0 radical (unpaired) electrons. The SMILES string of the molecule is Cc1cc2c(cc1Br)OC[C@@H]2N. The quantitative estimate of drug-likeness (QED) is 0.738. The maximum absolute atomic E-state index is 5.83. The highest BCUT2D eigenvalue weighted by Crippen LogP contribution is 2.34. The number of hydrogen-bond acceptors (Lipinski definition) is 2. The maximum atomic E-state index is 5.83.